The fourth-order valence-electron chi connectivity index (χ4n) is 3.45. The molecule has 0 aliphatic carbocycles. The van der Waals surface area contributed by atoms with Crippen molar-refractivity contribution in [3.05, 3.63) is 69.3 Å². The molecule has 1 aliphatic rings. The monoisotopic (exact) mass is 367 g/mol. The van der Waals surface area contributed by atoms with Crippen LogP contribution in [0, 0.1) is 5.82 Å². The number of aromatic amines is 2. The molecule has 1 aliphatic heterocycles. The quantitative estimate of drug-likeness (QED) is 0.743. The summed E-state index contributed by atoms with van der Waals surface area (Å²) in [5.74, 6) is 0.686. The van der Waals surface area contributed by atoms with E-state index in [2.05, 4.69) is 25.1 Å². The standard InChI is InChI=1S/C20H22FN5O/c1-12(2)19-23-17-7-8-26(11-16(17)20(27)24-19)10-14-9-22-25-18(14)13-3-5-15(21)6-4-13/h3-6,9,12H,7-8,10-11H2,1-2H3,(H,22,25)(H,23,24,27). The Morgan fingerprint density at radius 2 is 2.04 bits per heavy atom. The molecular weight excluding hydrogens is 345 g/mol. The van der Waals surface area contributed by atoms with Crippen molar-refractivity contribution in [3.63, 3.8) is 0 Å². The first-order chi connectivity index (χ1) is 13.0. The number of fused-ring (bicyclic) bond motifs is 1. The summed E-state index contributed by atoms with van der Waals surface area (Å²) in [5, 5.41) is 7.16. The maximum atomic E-state index is 13.2. The summed E-state index contributed by atoms with van der Waals surface area (Å²) in [5.41, 5.74) is 4.40. The Hall–Kier alpha value is -2.80. The van der Waals surface area contributed by atoms with Gasteiger partial charge in [-0.1, -0.05) is 13.8 Å². The highest BCUT2D eigenvalue weighted by atomic mass is 19.1. The highest BCUT2D eigenvalue weighted by Gasteiger charge is 2.23. The summed E-state index contributed by atoms with van der Waals surface area (Å²) in [4.78, 5) is 22.2. The molecule has 2 aromatic heterocycles. The number of H-pyrrole nitrogens is 2. The summed E-state index contributed by atoms with van der Waals surface area (Å²) < 4.78 is 13.2. The molecule has 0 radical (unpaired) electrons. The van der Waals surface area contributed by atoms with E-state index >= 15 is 0 Å². The molecule has 0 spiro atoms. The lowest BCUT2D eigenvalue weighted by Crippen LogP contribution is -2.36. The molecule has 6 nitrogen and oxygen atoms in total. The van der Waals surface area contributed by atoms with E-state index in [0.717, 1.165) is 46.9 Å². The Bertz CT molecular complexity index is 1010. The van der Waals surface area contributed by atoms with Crippen molar-refractivity contribution in [3.8, 4) is 11.3 Å². The summed E-state index contributed by atoms with van der Waals surface area (Å²) in [7, 11) is 0. The van der Waals surface area contributed by atoms with Gasteiger partial charge in [0.1, 0.15) is 11.6 Å². The second kappa shape index (κ2) is 7.08. The van der Waals surface area contributed by atoms with E-state index in [4.69, 9.17) is 0 Å². The summed E-state index contributed by atoms with van der Waals surface area (Å²) in [6.07, 6.45) is 2.54. The number of hydrogen-bond acceptors (Lipinski definition) is 4. The third kappa shape index (κ3) is 3.55. The van der Waals surface area contributed by atoms with Crippen molar-refractivity contribution in [2.75, 3.05) is 6.54 Å². The Labute approximate surface area is 156 Å². The minimum absolute atomic E-state index is 0.0423. The Balaban J connectivity index is 1.56. The van der Waals surface area contributed by atoms with Crippen molar-refractivity contribution >= 4 is 0 Å². The van der Waals surface area contributed by atoms with Gasteiger partial charge in [-0.25, -0.2) is 9.37 Å². The van der Waals surface area contributed by atoms with Gasteiger partial charge in [-0.2, -0.15) is 5.10 Å². The predicted octanol–water partition coefficient (Wildman–Crippen LogP) is 2.98. The second-order valence-electron chi connectivity index (χ2n) is 7.27. The largest absolute Gasteiger partial charge is 0.310 e. The van der Waals surface area contributed by atoms with Crippen LogP contribution in [-0.2, 0) is 19.5 Å². The zero-order valence-electron chi connectivity index (χ0n) is 15.4. The highest BCUT2D eigenvalue weighted by molar-refractivity contribution is 5.62. The average molecular weight is 367 g/mol. The number of rotatable bonds is 4. The number of halogens is 1. The van der Waals surface area contributed by atoms with Gasteiger partial charge in [-0.15, -0.1) is 0 Å². The van der Waals surface area contributed by atoms with Crippen molar-refractivity contribution in [2.24, 2.45) is 0 Å². The van der Waals surface area contributed by atoms with Crippen molar-refractivity contribution in [1.29, 1.82) is 0 Å². The molecule has 2 N–H and O–H groups in total. The number of hydrogen-bond donors (Lipinski definition) is 2. The van der Waals surface area contributed by atoms with E-state index in [9.17, 15) is 9.18 Å². The molecule has 3 aromatic rings. The summed E-state index contributed by atoms with van der Waals surface area (Å²) in [6.45, 7) is 6.10. The topological polar surface area (TPSA) is 77.7 Å². The molecular formula is C20H22FN5O. The Morgan fingerprint density at radius 3 is 2.78 bits per heavy atom. The van der Waals surface area contributed by atoms with Crippen LogP contribution < -0.4 is 5.56 Å². The van der Waals surface area contributed by atoms with Gasteiger partial charge in [0.2, 0.25) is 0 Å². The third-order valence-electron chi connectivity index (χ3n) is 4.96. The average Bonchev–Trinajstić information content (AvgIpc) is 3.10. The minimum atomic E-state index is -0.264. The van der Waals surface area contributed by atoms with E-state index in [1.165, 1.54) is 12.1 Å². The van der Waals surface area contributed by atoms with Crippen LogP contribution in [0.3, 0.4) is 0 Å². The number of benzene rings is 1. The molecule has 0 saturated carbocycles. The van der Waals surface area contributed by atoms with Crippen molar-refractivity contribution in [1.82, 2.24) is 25.1 Å². The van der Waals surface area contributed by atoms with Crippen LogP contribution in [0.15, 0.2) is 35.3 Å². The summed E-state index contributed by atoms with van der Waals surface area (Å²) in [6, 6.07) is 6.35. The molecule has 0 fully saturated rings. The minimum Gasteiger partial charge on any atom is -0.310 e. The second-order valence-corrected chi connectivity index (χ2v) is 7.27. The summed E-state index contributed by atoms with van der Waals surface area (Å²) >= 11 is 0. The van der Waals surface area contributed by atoms with Gasteiger partial charge in [0.15, 0.2) is 0 Å². The molecule has 4 rings (SSSR count). The van der Waals surface area contributed by atoms with Crippen LogP contribution >= 0.6 is 0 Å². The lowest BCUT2D eigenvalue weighted by Gasteiger charge is -2.27. The zero-order valence-corrected chi connectivity index (χ0v) is 15.4. The van der Waals surface area contributed by atoms with Crippen LogP contribution in [0.5, 0.6) is 0 Å². The molecule has 0 unspecified atom stereocenters. The first-order valence-electron chi connectivity index (χ1n) is 9.13. The van der Waals surface area contributed by atoms with Crippen LogP contribution in [0.1, 0.15) is 42.4 Å². The predicted molar refractivity (Wildman–Crippen MR) is 101 cm³/mol. The first-order valence-corrected chi connectivity index (χ1v) is 9.13. The first kappa shape index (κ1) is 17.6. The molecule has 0 bridgehead atoms. The third-order valence-corrected chi connectivity index (χ3v) is 4.96. The van der Waals surface area contributed by atoms with E-state index in [1.54, 1.807) is 18.3 Å². The van der Waals surface area contributed by atoms with Crippen LogP contribution in [0.4, 0.5) is 4.39 Å². The smallest absolute Gasteiger partial charge is 0.255 e. The normalized spacial score (nSPS) is 14.5. The fraction of sp³-hybridized carbons (Fsp3) is 0.350. The van der Waals surface area contributed by atoms with Crippen LogP contribution in [-0.4, -0.2) is 31.6 Å². The highest BCUT2D eigenvalue weighted by Crippen LogP contribution is 2.24. The Kier molecular flexibility index (Phi) is 4.61. The number of nitrogens with one attached hydrogen (secondary N) is 2. The van der Waals surface area contributed by atoms with E-state index < -0.39 is 0 Å². The lowest BCUT2D eigenvalue weighted by molar-refractivity contribution is 0.241. The molecule has 0 atom stereocenters. The van der Waals surface area contributed by atoms with Gasteiger partial charge in [-0.05, 0) is 24.3 Å². The fourth-order valence-corrected chi connectivity index (χ4v) is 3.45. The molecule has 27 heavy (non-hydrogen) atoms. The number of aromatic nitrogens is 4. The van der Waals surface area contributed by atoms with Gasteiger partial charge >= 0.3 is 0 Å². The maximum Gasteiger partial charge on any atom is 0.255 e. The van der Waals surface area contributed by atoms with Gasteiger partial charge in [0.25, 0.3) is 5.56 Å². The van der Waals surface area contributed by atoms with Gasteiger partial charge in [0, 0.05) is 43.1 Å². The molecule has 1 aromatic carbocycles. The van der Waals surface area contributed by atoms with Gasteiger partial charge in [-0.3, -0.25) is 14.8 Å². The Morgan fingerprint density at radius 1 is 1.26 bits per heavy atom. The maximum absolute atomic E-state index is 13.2. The molecule has 3 heterocycles. The molecule has 7 heteroatoms. The van der Waals surface area contributed by atoms with Crippen molar-refractivity contribution in [2.45, 2.75) is 39.3 Å². The van der Waals surface area contributed by atoms with E-state index in [-0.39, 0.29) is 17.3 Å². The SMILES string of the molecule is CC(C)c1nc2c(c(=O)[nH]1)CN(Cc1cn[nH]c1-c1ccc(F)cc1)CC2. The molecule has 0 saturated heterocycles. The van der Waals surface area contributed by atoms with E-state index in [1.807, 2.05) is 13.8 Å². The molecule has 0 amide bonds. The van der Waals surface area contributed by atoms with E-state index in [0.29, 0.717) is 13.1 Å². The van der Waals surface area contributed by atoms with Crippen molar-refractivity contribution < 1.29 is 4.39 Å². The lowest BCUT2D eigenvalue weighted by atomic mass is 10.0. The molecule has 140 valence electrons. The van der Waals surface area contributed by atoms with Crippen LogP contribution in [0.2, 0.25) is 0 Å². The van der Waals surface area contributed by atoms with Gasteiger partial charge < -0.3 is 4.98 Å². The zero-order chi connectivity index (χ0) is 19.0. The number of nitrogens with zero attached hydrogens (tertiary/aromatic N) is 3. The van der Waals surface area contributed by atoms with Crippen LogP contribution in [0.25, 0.3) is 11.3 Å². The van der Waals surface area contributed by atoms with Gasteiger partial charge in [0.05, 0.1) is 23.1 Å².